The molecule has 0 amide bonds. The van der Waals surface area contributed by atoms with E-state index in [1.807, 2.05) is 18.2 Å². The Morgan fingerprint density at radius 3 is 2.45 bits per heavy atom. The topological polar surface area (TPSA) is 97.0 Å². The van der Waals surface area contributed by atoms with Crippen LogP contribution in [-0.4, -0.2) is 53.1 Å². The molecule has 0 saturated carbocycles. The van der Waals surface area contributed by atoms with Crippen molar-refractivity contribution in [3.8, 4) is 16.9 Å². The molecule has 202 valence electrons. The maximum Gasteiger partial charge on any atom is 0.573 e. The van der Waals surface area contributed by atoms with E-state index in [1.165, 1.54) is 0 Å². The molecule has 0 aliphatic heterocycles. The Balaban J connectivity index is 1.13. The zero-order valence-electron chi connectivity index (χ0n) is 20.1. The third-order valence-corrected chi connectivity index (χ3v) is 5.54. The van der Waals surface area contributed by atoms with Gasteiger partial charge in [-0.15, -0.1) is 13.2 Å². The van der Waals surface area contributed by atoms with Gasteiger partial charge in [-0.2, -0.15) is 15.3 Å². The summed E-state index contributed by atoms with van der Waals surface area (Å²) in [7, 11) is 0. The fraction of sp³-hybridized carbons (Fsp3) is 0.320. The Kier molecular flexibility index (Phi) is 9.02. The van der Waals surface area contributed by atoms with E-state index in [9.17, 15) is 22.0 Å². The van der Waals surface area contributed by atoms with Gasteiger partial charge in [0.15, 0.2) is 11.6 Å². The molecular weight excluding hydrogens is 511 g/mol. The predicted molar refractivity (Wildman–Crippen MR) is 130 cm³/mol. The fourth-order valence-electron chi connectivity index (χ4n) is 3.80. The number of alkyl halides is 3. The molecule has 0 atom stereocenters. The minimum Gasteiger partial charge on any atom is -0.399 e. The van der Waals surface area contributed by atoms with Crippen LogP contribution in [0.2, 0.25) is 0 Å². The number of anilines is 1. The van der Waals surface area contributed by atoms with Crippen molar-refractivity contribution >= 4 is 16.6 Å². The highest BCUT2D eigenvalue weighted by Gasteiger charge is 2.34. The first-order valence-electron chi connectivity index (χ1n) is 11.8. The van der Waals surface area contributed by atoms with Crippen molar-refractivity contribution in [3.05, 3.63) is 66.1 Å². The third-order valence-electron chi connectivity index (χ3n) is 5.54. The molecule has 3 N–H and O–H groups in total. The zero-order chi connectivity index (χ0) is 27.0. The van der Waals surface area contributed by atoms with Crippen LogP contribution in [0.3, 0.4) is 0 Å². The number of aromatic amines is 1. The maximum absolute atomic E-state index is 13.8. The number of hydrogen-bond acceptors (Lipinski definition) is 7. The van der Waals surface area contributed by atoms with E-state index >= 15 is 0 Å². The van der Waals surface area contributed by atoms with Gasteiger partial charge in [0, 0.05) is 36.3 Å². The first-order valence-corrected chi connectivity index (χ1v) is 11.8. The minimum absolute atomic E-state index is 0.0992. The van der Waals surface area contributed by atoms with Crippen LogP contribution in [0.25, 0.3) is 22.0 Å². The van der Waals surface area contributed by atoms with Crippen LogP contribution in [0.1, 0.15) is 18.4 Å². The van der Waals surface area contributed by atoms with Gasteiger partial charge in [0.2, 0.25) is 5.75 Å². The molecule has 0 bridgehead atoms. The van der Waals surface area contributed by atoms with Crippen molar-refractivity contribution in [1.29, 1.82) is 0 Å². The molecule has 2 heterocycles. The summed E-state index contributed by atoms with van der Waals surface area (Å²) < 4.78 is 73.3. The highest BCUT2D eigenvalue weighted by atomic mass is 19.4. The molecule has 13 heteroatoms. The molecule has 0 fully saturated rings. The highest BCUT2D eigenvalue weighted by Crippen LogP contribution is 2.30. The van der Waals surface area contributed by atoms with Crippen molar-refractivity contribution in [2.45, 2.75) is 25.7 Å². The Labute approximate surface area is 214 Å². The molecule has 0 saturated heterocycles. The minimum atomic E-state index is -5.17. The molecule has 8 nitrogen and oxygen atoms in total. The number of aromatic nitrogens is 4. The summed E-state index contributed by atoms with van der Waals surface area (Å²) in [4.78, 5) is 0. The van der Waals surface area contributed by atoms with Gasteiger partial charge in [-0.25, -0.2) is 8.78 Å². The van der Waals surface area contributed by atoms with Gasteiger partial charge in [-0.1, -0.05) is 0 Å². The zero-order valence-corrected chi connectivity index (χ0v) is 20.1. The van der Waals surface area contributed by atoms with Gasteiger partial charge in [-0.3, -0.25) is 5.10 Å². The highest BCUT2D eigenvalue weighted by molar-refractivity contribution is 5.95. The molecule has 38 heavy (non-hydrogen) atoms. The van der Waals surface area contributed by atoms with Crippen LogP contribution < -0.4 is 15.4 Å². The van der Waals surface area contributed by atoms with Crippen LogP contribution in [0.15, 0.2) is 48.9 Å². The lowest BCUT2D eigenvalue weighted by atomic mass is 10.1. The van der Waals surface area contributed by atoms with E-state index in [0.717, 1.165) is 52.7 Å². The lowest BCUT2D eigenvalue weighted by molar-refractivity contribution is -0.276. The van der Waals surface area contributed by atoms with E-state index in [-0.39, 0.29) is 12.1 Å². The number of benzene rings is 2. The van der Waals surface area contributed by atoms with Crippen LogP contribution in [0.4, 0.5) is 27.6 Å². The average Bonchev–Trinajstić information content (AvgIpc) is 3.36. The van der Waals surface area contributed by atoms with Gasteiger partial charge in [0.05, 0.1) is 30.7 Å². The van der Waals surface area contributed by atoms with Gasteiger partial charge >= 0.3 is 6.36 Å². The van der Waals surface area contributed by atoms with Gasteiger partial charge < -0.3 is 20.1 Å². The molecule has 4 rings (SSSR count). The number of halogens is 5. The van der Waals surface area contributed by atoms with E-state index in [0.29, 0.717) is 26.3 Å². The number of nitrogens with zero attached hydrogens (tertiary/aromatic N) is 3. The average molecular weight is 537 g/mol. The molecule has 0 aliphatic carbocycles. The standard InChI is InChI=1S/C25H25F5N6O2/c26-20-9-16(10-21(27)24(20)38-25(28,29)30)13-31-4-1-2-7-37-8-6-32-22-11-18(17-3-5-33-34-14-17)12-23-19(22)15-35-36-23/h3,5,9-12,14-15,31-32H,1-2,4,6-8,13H2,(H,35,36). The smallest absolute Gasteiger partial charge is 0.399 e. The second-order valence-corrected chi connectivity index (χ2v) is 8.35. The number of nitrogens with one attached hydrogen (secondary N) is 3. The molecule has 2 aromatic carbocycles. The van der Waals surface area contributed by atoms with E-state index in [1.54, 1.807) is 18.6 Å². The summed E-state index contributed by atoms with van der Waals surface area (Å²) in [6, 6.07) is 7.53. The van der Waals surface area contributed by atoms with Crippen molar-refractivity contribution in [1.82, 2.24) is 25.7 Å². The molecular formula is C25H25F5N6O2. The molecule has 2 aromatic heterocycles. The third kappa shape index (κ3) is 7.59. The Bertz CT molecular complexity index is 1310. The number of hydrogen-bond donors (Lipinski definition) is 3. The Hall–Kier alpha value is -3.84. The fourth-order valence-corrected chi connectivity index (χ4v) is 3.80. The number of unbranched alkanes of at least 4 members (excludes halogenated alkanes) is 1. The molecule has 0 aliphatic rings. The van der Waals surface area contributed by atoms with Crippen molar-refractivity contribution in [2.75, 3.05) is 31.6 Å². The summed E-state index contributed by atoms with van der Waals surface area (Å²) >= 11 is 0. The van der Waals surface area contributed by atoms with Gasteiger partial charge in [0.1, 0.15) is 0 Å². The van der Waals surface area contributed by atoms with E-state index < -0.39 is 23.7 Å². The number of H-pyrrole nitrogens is 1. The van der Waals surface area contributed by atoms with Crippen LogP contribution in [-0.2, 0) is 11.3 Å². The van der Waals surface area contributed by atoms with E-state index in [4.69, 9.17) is 4.74 Å². The lowest BCUT2D eigenvalue weighted by Crippen LogP contribution is -2.20. The summed E-state index contributed by atoms with van der Waals surface area (Å²) in [5.41, 5.74) is 3.90. The lowest BCUT2D eigenvalue weighted by Gasteiger charge is -2.12. The number of rotatable bonds is 13. The maximum atomic E-state index is 13.8. The SMILES string of the molecule is Fc1cc(CNCCCCOCCNc2cc(-c3ccnnc3)cc3[nH]ncc23)cc(F)c1OC(F)(F)F. The Morgan fingerprint density at radius 1 is 0.895 bits per heavy atom. The van der Waals surface area contributed by atoms with Crippen LogP contribution >= 0.6 is 0 Å². The molecule has 0 spiro atoms. The van der Waals surface area contributed by atoms with Crippen molar-refractivity contribution in [2.24, 2.45) is 0 Å². The quantitative estimate of drug-likeness (QED) is 0.160. The summed E-state index contributed by atoms with van der Waals surface area (Å²) in [5, 5.41) is 22.2. The normalized spacial score (nSPS) is 11.7. The summed E-state index contributed by atoms with van der Waals surface area (Å²) in [5.74, 6) is -4.27. The largest absolute Gasteiger partial charge is 0.573 e. The summed E-state index contributed by atoms with van der Waals surface area (Å²) in [6.45, 7) is 2.24. The number of fused-ring (bicyclic) bond motifs is 1. The first-order chi connectivity index (χ1) is 18.3. The van der Waals surface area contributed by atoms with Crippen LogP contribution in [0.5, 0.6) is 5.75 Å². The van der Waals surface area contributed by atoms with Crippen molar-refractivity contribution < 1.29 is 31.4 Å². The summed E-state index contributed by atoms with van der Waals surface area (Å²) in [6.07, 6.45) is 1.41. The number of ether oxygens (including phenoxy) is 2. The molecule has 0 unspecified atom stereocenters. The predicted octanol–water partition coefficient (Wildman–Crippen LogP) is 5.20. The second-order valence-electron chi connectivity index (χ2n) is 8.35. The second kappa shape index (κ2) is 12.6. The van der Waals surface area contributed by atoms with Gasteiger partial charge in [-0.05, 0) is 60.8 Å². The Morgan fingerprint density at radius 2 is 1.71 bits per heavy atom. The van der Waals surface area contributed by atoms with Crippen molar-refractivity contribution in [3.63, 3.8) is 0 Å². The van der Waals surface area contributed by atoms with Gasteiger partial charge in [0.25, 0.3) is 0 Å². The van der Waals surface area contributed by atoms with E-state index in [2.05, 4.69) is 35.8 Å². The monoisotopic (exact) mass is 536 g/mol. The van der Waals surface area contributed by atoms with Crippen LogP contribution in [0, 0.1) is 11.6 Å². The molecule has 0 radical (unpaired) electrons. The molecule has 4 aromatic rings. The first kappa shape index (κ1) is 27.2.